The van der Waals surface area contributed by atoms with Crippen LogP contribution in [0.3, 0.4) is 0 Å². The molecule has 0 amide bonds. The molecule has 1 heterocycles. The molecule has 0 radical (unpaired) electrons. The normalized spacial score (nSPS) is 30.0. The fraction of sp³-hybridized carbons (Fsp3) is 0.857. The Hall–Kier alpha value is -1.47. The average Bonchev–Trinajstić information content (AvgIpc) is 3.00. The van der Waals surface area contributed by atoms with E-state index in [1.54, 1.807) is 0 Å². The quantitative estimate of drug-likeness (QED) is 0.300. The molecular formula is C21H34O7. The number of carbonyl (C=O) groups excluding carboxylic acids is 3. The first-order valence-electron chi connectivity index (χ1n) is 10.5. The van der Waals surface area contributed by atoms with Gasteiger partial charge in [-0.15, -0.1) is 0 Å². The minimum Gasteiger partial charge on any atom is -0.469 e. The van der Waals surface area contributed by atoms with Crippen LogP contribution in [0, 0.1) is 11.8 Å². The third-order valence-electron chi connectivity index (χ3n) is 5.70. The van der Waals surface area contributed by atoms with E-state index in [1.807, 2.05) is 0 Å². The molecule has 1 aliphatic carbocycles. The molecule has 1 unspecified atom stereocenters. The van der Waals surface area contributed by atoms with Crippen LogP contribution in [-0.2, 0) is 33.3 Å². The fourth-order valence-corrected chi connectivity index (χ4v) is 4.26. The predicted octanol–water partition coefficient (Wildman–Crippen LogP) is 3.18. The Morgan fingerprint density at radius 1 is 1.11 bits per heavy atom. The smallest absolute Gasteiger partial charge is 0.305 e. The summed E-state index contributed by atoms with van der Waals surface area (Å²) in [5.41, 5.74) is 0. The fourth-order valence-electron chi connectivity index (χ4n) is 4.26. The van der Waals surface area contributed by atoms with Crippen molar-refractivity contribution in [3.05, 3.63) is 0 Å². The first-order valence-corrected chi connectivity index (χ1v) is 10.5. The SMILES string of the molecule is COC(=O)CCCCCC[C@@H]1[C@H](C=O)[C@H](OC2CCCCO2)C[C@@H]1OC(C)=O. The van der Waals surface area contributed by atoms with Gasteiger partial charge in [0.15, 0.2) is 6.29 Å². The zero-order valence-corrected chi connectivity index (χ0v) is 17.1. The molecular weight excluding hydrogens is 364 g/mol. The number of hydrogen-bond donors (Lipinski definition) is 0. The number of carbonyl (C=O) groups is 3. The summed E-state index contributed by atoms with van der Waals surface area (Å²) in [5, 5.41) is 0. The average molecular weight is 398 g/mol. The summed E-state index contributed by atoms with van der Waals surface area (Å²) in [6.07, 6.45) is 8.44. The molecule has 7 heteroatoms. The van der Waals surface area contributed by atoms with Crippen LogP contribution in [-0.4, -0.2) is 50.4 Å². The van der Waals surface area contributed by atoms with E-state index in [9.17, 15) is 14.4 Å². The minimum absolute atomic E-state index is 0.0319. The summed E-state index contributed by atoms with van der Waals surface area (Å²) < 4.78 is 21.9. The minimum atomic E-state index is -0.327. The number of aldehydes is 1. The number of ether oxygens (including phenoxy) is 4. The first kappa shape index (κ1) is 22.8. The molecule has 5 atom stereocenters. The van der Waals surface area contributed by atoms with Crippen LogP contribution in [0.15, 0.2) is 0 Å². The Balaban J connectivity index is 1.85. The van der Waals surface area contributed by atoms with Crippen molar-refractivity contribution in [3.8, 4) is 0 Å². The highest BCUT2D eigenvalue weighted by Gasteiger charge is 2.46. The third-order valence-corrected chi connectivity index (χ3v) is 5.70. The molecule has 0 aromatic rings. The van der Waals surface area contributed by atoms with Gasteiger partial charge in [0.25, 0.3) is 0 Å². The Morgan fingerprint density at radius 2 is 1.89 bits per heavy atom. The van der Waals surface area contributed by atoms with Crippen molar-refractivity contribution in [2.24, 2.45) is 11.8 Å². The molecule has 160 valence electrons. The molecule has 0 spiro atoms. The van der Waals surface area contributed by atoms with E-state index in [1.165, 1.54) is 14.0 Å². The summed E-state index contributed by atoms with van der Waals surface area (Å²) in [5.74, 6) is -0.829. The van der Waals surface area contributed by atoms with Crippen molar-refractivity contribution < 1.29 is 33.3 Å². The molecule has 28 heavy (non-hydrogen) atoms. The lowest BCUT2D eigenvalue weighted by Gasteiger charge is -2.28. The monoisotopic (exact) mass is 398 g/mol. The molecule has 0 aromatic heterocycles. The Morgan fingerprint density at radius 3 is 2.54 bits per heavy atom. The Bertz CT molecular complexity index is 501. The lowest BCUT2D eigenvalue weighted by molar-refractivity contribution is -0.195. The highest BCUT2D eigenvalue weighted by atomic mass is 16.7. The lowest BCUT2D eigenvalue weighted by atomic mass is 9.89. The Labute approximate surface area is 167 Å². The van der Waals surface area contributed by atoms with Gasteiger partial charge in [-0.3, -0.25) is 9.59 Å². The lowest BCUT2D eigenvalue weighted by Crippen LogP contribution is -2.32. The van der Waals surface area contributed by atoms with E-state index >= 15 is 0 Å². The summed E-state index contributed by atoms with van der Waals surface area (Å²) in [6.45, 7) is 2.09. The molecule has 1 saturated heterocycles. The third kappa shape index (κ3) is 7.17. The maximum absolute atomic E-state index is 11.8. The predicted molar refractivity (Wildman–Crippen MR) is 101 cm³/mol. The van der Waals surface area contributed by atoms with Gasteiger partial charge >= 0.3 is 11.9 Å². The van der Waals surface area contributed by atoms with Crippen LogP contribution >= 0.6 is 0 Å². The molecule has 2 fully saturated rings. The summed E-state index contributed by atoms with van der Waals surface area (Å²) in [6, 6.07) is 0. The summed E-state index contributed by atoms with van der Waals surface area (Å²) in [4.78, 5) is 34.5. The van der Waals surface area contributed by atoms with Gasteiger partial charge in [-0.25, -0.2) is 0 Å². The second-order valence-corrected chi connectivity index (χ2v) is 7.76. The van der Waals surface area contributed by atoms with Crippen LogP contribution < -0.4 is 0 Å². The van der Waals surface area contributed by atoms with Crippen molar-refractivity contribution >= 4 is 18.2 Å². The van der Waals surface area contributed by atoms with Crippen LogP contribution in [0.25, 0.3) is 0 Å². The van der Waals surface area contributed by atoms with Crippen LogP contribution in [0.2, 0.25) is 0 Å². The maximum Gasteiger partial charge on any atom is 0.305 e. The number of esters is 2. The first-order chi connectivity index (χ1) is 13.5. The maximum atomic E-state index is 11.8. The van der Waals surface area contributed by atoms with E-state index in [-0.39, 0.29) is 42.3 Å². The van der Waals surface area contributed by atoms with E-state index in [2.05, 4.69) is 4.74 Å². The highest BCUT2D eigenvalue weighted by Crippen LogP contribution is 2.39. The van der Waals surface area contributed by atoms with Gasteiger partial charge in [0.2, 0.25) is 0 Å². The van der Waals surface area contributed by atoms with Crippen molar-refractivity contribution in [1.29, 1.82) is 0 Å². The number of rotatable bonds is 11. The van der Waals surface area contributed by atoms with Gasteiger partial charge in [-0.2, -0.15) is 0 Å². The zero-order chi connectivity index (χ0) is 20.4. The topological polar surface area (TPSA) is 88.1 Å². The van der Waals surface area contributed by atoms with Gasteiger partial charge < -0.3 is 23.7 Å². The second-order valence-electron chi connectivity index (χ2n) is 7.76. The van der Waals surface area contributed by atoms with Gasteiger partial charge in [0.05, 0.1) is 13.2 Å². The van der Waals surface area contributed by atoms with Crippen molar-refractivity contribution in [1.82, 2.24) is 0 Å². The molecule has 2 aliphatic rings. The molecule has 0 bridgehead atoms. The largest absolute Gasteiger partial charge is 0.469 e. The standard InChI is InChI=1S/C21H34O7/c1-15(23)27-18-13-19(28-21-11-7-8-12-26-21)17(14-22)16(18)9-5-3-4-6-10-20(24)25-2/h14,16-19,21H,3-13H2,1-2H3/t16-,17+,18+,19-,21?/m1/s1. The van der Waals surface area contributed by atoms with Crippen molar-refractivity contribution in [2.45, 2.75) is 89.6 Å². The zero-order valence-electron chi connectivity index (χ0n) is 17.1. The molecule has 0 aromatic carbocycles. The van der Waals surface area contributed by atoms with Crippen molar-refractivity contribution in [2.75, 3.05) is 13.7 Å². The van der Waals surface area contributed by atoms with E-state index in [0.29, 0.717) is 19.4 Å². The molecule has 2 rings (SSSR count). The van der Waals surface area contributed by atoms with E-state index in [0.717, 1.165) is 57.7 Å². The second kappa shape index (κ2) is 12.2. The van der Waals surface area contributed by atoms with Crippen LogP contribution in [0.5, 0.6) is 0 Å². The number of hydrogen-bond acceptors (Lipinski definition) is 7. The van der Waals surface area contributed by atoms with E-state index < -0.39 is 0 Å². The summed E-state index contributed by atoms with van der Waals surface area (Å²) in [7, 11) is 1.40. The van der Waals surface area contributed by atoms with Gasteiger partial charge in [0, 0.05) is 38.2 Å². The van der Waals surface area contributed by atoms with Crippen LogP contribution in [0.4, 0.5) is 0 Å². The van der Waals surface area contributed by atoms with Gasteiger partial charge in [-0.05, 0) is 32.1 Å². The van der Waals surface area contributed by atoms with Crippen LogP contribution in [0.1, 0.15) is 71.1 Å². The van der Waals surface area contributed by atoms with Gasteiger partial charge in [-0.1, -0.05) is 19.3 Å². The number of unbranched alkanes of at least 4 members (excludes halogenated alkanes) is 3. The highest BCUT2D eigenvalue weighted by molar-refractivity contribution is 5.69. The molecule has 7 nitrogen and oxygen atoms in total. The number of methoxy groups -OCH3 is 1. The van der Waals surface area contributed by atoms with Gasteiger partial charge in [0.1, 0.15) is 12.4 Å². The van der Waals surface area contributed by atoms with E-state index in [4.69, 9.17) is 14.2 Å². The molecule has 1 saturated carbocycles. The molecule has 0 N–H and O–H groups in total. The summed E-state index contributed by atoms with van der Waals surface area (Å²) >= 11 is 0. The Kier molecular flexibility index (Phi) is 9.92. The molecule has 1 aliphatic heterocycles. The van der Waals surface area contributed by atoms with Crippen molar-refractivity contribution in [3.63, 3.8) is 0 Å².